The van der Waals surface area contributed by atoms with E-state index in [1.54, 1.807) is 0 Å². The summed E-state index contributed by atoms with van der Waals surface area (Å²) in [6.45, 7) is 9.45. The molecule has 0 heterocycles. The molecule has 236 valence electrons. The number of unbranched alkanes of at least 4 members (excludes halogenated alkanes) is 16. The first-order valence-corrected chi connectivity index (χ1v) is 16.9. The van der Waals surface area contributed by atoms with Gasteiger partial charge >= 0.3 is 11.9 Å². The van der Waals surface area contributed by atoms with Crippen LogP contribution in [0.4, 0.5) is 0 Å². The molecule has 0 radical (unpaired) electrons. The minimum absolute atomic E-state index is 0.278. The predicted molar refractivity (Wildman–Crippen MR) is 164 cm³/mol. The Balaban J connectivity index is 4.49. The highest BCUT2D eigenvalue weighted by Crippen LogP contribution is 2.22. The second-order valence-electron chi connectivity index (χ2n) is 11.8. The minimum atomic E-state index is -2.50. The normalized spacial score (nSPS) is 14.3. The van der Waals surface area contributed by atoms with Gasteiger partial charge in [0.2, 0.25) is 5.60 Å². The van der Waals surface area contributed by atoms with Gasteiger partial charge in [0, 0.05) is 0 Å². The Labute approximate surface area is 246 Å². The summed E-state index contributed by atoms with van der Waals surface area (Å²) in [7, 11) is 0. The van der Waals surface area contributed by atoms with Crippen LogP contribution in [0.2, 0.25) is 0 Å². The Morgan fingerprint density at radius 1 is 0.575 bits per heavy atom. The van der Waals surface area contributed by atoms with Crippen LogP contribution in [0.3, 0.4) is 0 Å². The Kier molecular flexibility index (Phi) is 24.4. The van der Waals surface area contributed by atoms with Crippen molar-refractivity contribution in [2.24, 2.45) is 0 Å². The smallest absolute Gasteiger partial charge is 0.346 e. The maximum Gasteiger partial charge on any atom is 0.346 e. The van der Waals surface area contributed by atoms with Crippen molar-refractivity contribution in [1.82, 2.24) is 0 Å². The number of ketones is 1. The molecule has 3 atom stereocenters. The number of carbonyl (C=O) groups is 3. The van der Waals surface area contributed by atoms with Crippen molar-refractivity contribution >= 4 is 17.7 Å². The fourth-order valence-electron chi connectivity index (χ4n) is 5.08. The summed E-state index contributed by atoms with van der Waals surface area (Å²) >= 11 is 0. The van der Waals surface area contributed by atoms with Gasteiger partial charge in [-0.05, 0) is 45.4 Å². The van der Waals surface area contributed by atoms with Crippen LogP contribution in [0.1, 0.15) is 182 Å². The lowest BCUT2D eigenvalue weighted by Crippen LogP contribution is -2.49. The summed E-state index contributed by atoms with van der Waals surface area (Å²) in [4.78, 5) is 37.8. The van der Waals surface area contributed by atoms with Crippen LogP contribution in [-0.4, -0.2) is 40.6 Å². The topological polar surface area (TPSA) is 89.9 Å². The lowest BCUT2D eigenvalue weighted by molar-refractivity contribution is -0.181. The fourth-order valence-corrected chi connectivity index (χ4v) is 5.08. The third kappa shape index (κ3) is 18.8. The van der Waals surface area contributed by atoms with Gasteiger partial charge in [-0.2, -0.15) is 0 Å². The van der Waals surface area contributed by atoms with Gasteiger partial charge in [-0.15, -0.1) is 0 Å². The lowest BCUT2D eigenvalue weighted by Gasteiger charge is -2.26. The first kappa shape index (κ1) is 38.6. The summed E-state index contributed by atoms with van der Waals surface area (Å²) in [5.74, 6) is -2.56. The Morgan fingerprint density at radius 3 is 1.27 bits per heavy atom. The van der Waals surface area contributed by atoms with Crippen LogP contribution in [0.15, 0.2) is 0 Å². The zero-order chi connectivity index (χ0) is 30.1. The standard InChI is InChI=1S/C34H64O6/c1-6-10-12-14-16-18-20-22-24-26-30(8-3)39-32(36)28-34(38,29(5)35)33(37)40-31(9-4)27-25-23-21-19-17-15-13-11-7-2/h30-31,38H,6-28H2,1-5H3. The molecular weight excluding hydrogens is 504 g/mol. The first-order valence-electron chi connectivity index (χ1n) is 16.9. The van der Waals surface area contributed by atoms with Gasteiger partial charge in [0.15, 0.2) is 5.78 Å². The Bertz CT molecular complexity index is 648. The van der Waals surface area contributed by atoms with E-state index in [2.05, 4.69) is 13.8 Å². The van der Waals surface area contributed by atoms with Crippen molar-refractivity contribution in [3.63, 3.8) is 0 Å². The number of esters is 2. The molecule has 0 aliphatic carbocycles. The van der Waals surface area contributed by atoms with E-state index >= 15 is 0 Å². The molecule has 1 N–H and O–H groups in total. The van der Waals surface area contributed by atoms with Gasteiger partial charge in [0.25, 0.3) is 0 Å². The van der Waals surface area contributed by atoms with Gasteiger partial charge in [-0.1, -0.05) is 130 Å². The monoisotopic (exact) mass is 568 g/mol. The van der Waals surface area contributed by atoms with Crippen molar-refractivity contribution in [2.45, 2.75) is 200 Å². The van der Waals surface area contributed by atoms with E-state index in [-0.39, 0.29) is 12.2 Å². The van der Waals surface area contributed by atoms with Gasteiger partial charge < -0.3 is 14.6 Å². The van der Waals surface area contributed by atoms with E-state index in [1.165, 1.54) is 83.5 Å². The zero-order valence-electron chi connectivity index (χ0n) is 26.9. The molecule has 0 aliphatic rings. The average Bonchev–Trinajstić information content (AvgIpc) is 2.93. The van der Waals surface area contributed by atoms with E-state index in [1.807, 2.05) is 13.8 Å². The second-order valence-corrected chi connectivity index (χ2v) is 11.8. The van der Waals surface area contributed by atoms with E-state index in [0.717, 1.165) is 45.4 Å². The number of hydrogen-bond acceptors (Lipinski definition) is 6. The van der Waals surface area contributed by atoms with Crippen LogP contribution in [0, 0.1) is 0 Å². The van der Waals surface area contributed by atoms with Gasteiger partial charge in [0.1, 0.15) is 12.2 Å². The zero-order valence-corrected chi connectivity index (χ0v) is 26.9. The molecule has 0 spiro atoms. The quantitative estimate of drug-likeness (QED) is 0.0575. The number of Topliss-reactive ketones (excluding diaryl/α,β-unsaturated/α-hetero) is 1. The predicted octanol–water partition coefficient (Wildman–Crippen LogP) is 9.18. The number of carbonyl (C=O) groups excluding carboxylic acids is 3. The molecule has 0 aromatic heterocycles. The Morgan fingerprint density at radius 2 is 0.925 bits per heavy atom. The molecule has 6 nitrogen and oxygen atoms in total. The van der Waals surface area contributed by atoms with Crippen molar-refractivity contribution < 1.29 is 29.0 Å². The minimum Gasteiger partial charge on any atom is -0.462 e. The van der Waals surface area contributed by atoms with Crippen LogP contribution in [0.5, 0.6) is 0 Å². The third-order valence-electron chi connectivity index (χ3n) is 8.06. The molecule has 0 rings (SSSR count). The second kappa shape index (κ2) is 25.3. The maximum atomic E-state index is 12.9. The van der Waals surface area contributed by atoms with Gasteiger partial charge in [-0.25, -0.2) is 4.79 Å². The average molecular weight is 569 g/mol. The van der Waals surface area contributed by atoms with Crippen molar-refractivity contribution in [2.75, 3.05) is 0 Å². The lowest BCUT2D eigenvalue weighted by atomic mass is 9.95. The maximum absolute atomic E-state index is 12.9. The highest BCUT2D eigenvalue weighted by atomic mass is 16.6. The first-order chi connectivity index (χ1) is 19.2. The van der Waals surface area contributed by atoms with Crippen LogP contribution in [-0.2, 0) is 23.9 Å². The molecule has 0 amide bonds. The van der Waals surface area contributed by atoms with Crippen LogP contribution < -0.4 is 0 Å². The highest BCUT2D eigenvalue weighted by Gasteiger charge is 2.46. The molecule has 6 heteroatoms. The van der Waals surface area contributed by atoms with E-state index < -0.39 is 29.7 Å². The van der Waals surface area contributed by atoms with E-state index in [4.69, 9.17) is 9.47 Å². The number of ether oxygens (including phenoxy) is 2. The SMILES string of the molecule is CCCCCCCCCCCC(CC)OC(=O)CC(O)(C(C)=O)C(=O)OC(CC)CCCCCCCCCCC. The summed E-state index contributed by atoms with van der Waals surface area (Å²) in [5, 5.41) is 10.9. The van der Waals surface area contributed by atoms with Crippen LogP contribution >= 0.6 is 0 Å². The molecule has 0 bridgehead atoms. The molecule has 40 heavy (non-hydrogen) atoms. The molecule has 0 saturated carbocycles. The van der Waals surface area contributed by atoms with Crippen molar-refractivity contribution in [3.05, 3.63) is 0 Å². The molecular formula is C34H64O6. The molecule has 0 aromatic rings. The van der Waals surface area contributed by atoms with E-state index in [9.17, 15) is 19.5 Å². The summed E-state index contributed by atoms with van der Waals surface area (Å²) < 4.78 is 11.1. The fraction of sp³-hybridized carbons (Fsp3) is 0.912. The van der Waals surface area contributed by atoms with Crippen LogP contribution in [0.25, 0.3) is 0 Å². The van der Waals surface area contributed by atoms with E-state index in [0.29, 0.717) is 19.3 Å². The summed E-state index contributed by atoms with van der Waals surface area (Å²) in [5.41, 5.74) is -2.50. The number of hydrogen-bond donors (Lipinski definition) is 1. The summed E-state index contributed by atoms with van der Waals surface area (Å²) in [6.07, 6.45) is 23.2. The molecule has 3 unspecified atom stereocenters. The van der Waals surface area contributed by atoms with Gasteiger partial charge in [-0.3, -0.25) is 9.59 Å². The van der Waals surface area contributed by atoms with Crippen molar-refractivity contribution in [3.8, 4) is 0 Å². The number of rotatable bonds is 28. The molecule has 0 fully saturated rings. The third-order valence-corrected chi connectivity index (χ3v) is 8.06. The Hall–Kier alpha value is -1.43. The van der Waals surface area contributed by atoms with Crippen molar-refractivity contribution in [1.29, 1.82) is 0 Å². The number of aliphatic hydroxyl groups is 1. The molecule has 0 saturated heterocycles. The summed E-state index contributed by atoms with van der Waals surface area (Å²) in [6, 6.07) is 0. The molecule has 0 aliphatic heterocycles. The molecule has 0 aromatic carbocycles. The highest BCUT2D eigenvalue weighted by molar-refractivity contribution is 6.08. The van der Waals surface area contributed by atoms with Gasteiger partial charge in [0.05, 0.1) is 6.42 Å². The largest absolute Gasteiger partial charge is 0.462 e.